The summed E-state index contributed by atoms with van der Waals surface area (Å²) in [5.74, 6) is 0.800. The molecule has 0 aromatic heterocycles. The molecule has 0 aromatic carbocycles. The van der Waals surface area contributed by atoms with Crippen molar-refractivity contribution in [1.29, 1.82) is 0 Å². The predicted molar refractivity (Wildman–Crippen MR) is 58.0 cm³/mol. The third-order valence-electron chi connectivity index (χ3n) is 1.85. The van der Waals surface area contributed by atoms with Gasteiger partial charge in [-0.2, -0.15) is 0 Å². The molecule has 0 radical (unpaired) electrons. The Morgan fingerprint density at radius 3 is 2.69 bits per heavy atom. The molecule has 0 N–H and O–H groups in total. The fourth-order valence-corrected chi connectivity index (χ4v) is 0.984. The smallest absolute Gasteiger partial charge is 0.117 e. The minimum Gasteiger partial charge on any atom is -0.396 e. The monoisotopic (exact) mass is 185 g/mol. The van der Waals surface area contributed by atoms with E-state index in [2.05, 4.69) is 25.9 Å². The van der Waals surface area contributed by atoms with Gasteiger partial charge in [0.1, 0.15) is 6.61 Å². The normalized spacial score (nSPS) is 11.4. The van der Waals surface area contributed by atoms with Crippen molar-refractivity contribution in [3.05, 3.63) is 0 Å². The zero-order valence-electron chi connectivity index (χ0n) is 9.25. The van der Waals surface area contributed by atoms with Crippen LogP contribution in [0.2, 0.25) is 0 Å². The quantitative estimate of drug-likeness (QED) is 0.321. The van der Waals surface area contributed by atoms with Gasteiger partial charge in [0, 0.05) is 6.21 Å². The van der Waals surface area contributed by atoms with E-state index in [-0.39, 0.29) is 0 Å². The molecule has 0 spiro atoms. The largest absolute Gasteiger partial charge is 0.396 e. The Labute approximate surface area is 82.4 Å². The third-order valence-corrected chi connectivity index (χ3v) is 1.85. The lowest BCUT2D eigenvalue weighted by molar-refractivity contribution is 0.142. The SMILES string of the molecule is CCCCO/N=C/CCCC(C)C. The minimum atomic E-state index is 0.761. The van der Waals surface area contributed by atoms with E-state index in [1.165, 1.54) is 19.3 Å². The first-order valence-electron chi connectivity index (χ1n) is 5.41. The summed E-state index contributed by atoms with van der Waals surface area (Å²) in [6.45, 7) is 7.40. The minimum absolute atomic E-state index is 0.761. The molecule has 0 bridgehead atoms. The number of unbranched alkanes of at least 4 members (excludes halogenated alkanes) is 2. The van der Waals surface area contributed by atoms with Crippen molar-refractivity contribution in [2.24, 2.45) is 11.1 Å². The number of oxime groups is 1. The van der Waals surface area contributed by atoms with Crippen molar-refractivity contribution < 1.29 is 4.84 Å². The van der Waals surface area contributed by atoms with Gasteiger partial charge in [-0.3, -0.25) is 0 Å². The summed E-state index contributed by atoms with van der Waals surface area (Å²) in [5.41, 5.74) is 0. The highest BCUT2D eigenvalue weighted by Gasteiger charge is 1.91. The molecule has 0 saturated heterocycles. The van der Waals surface area contributed by atoms with Crippen LogP contribution < -0.4 is 0 Å². The molecule has 2 nitrogen and oxygen atoms in total. The second-order valence-corrected chi connectivity index (χ2v) is 3.80. The van der Waals surface area contributed by atoms with Crippen molar-refractivity contribution in [2.75, 3.05) is 6.61 Å². The van der Waals surface area contributed by atoms with Crippen LogP contribution in [0.5, 0.6) is 0 Å². The topological polar surface area (TPSA) is 21.6 Å². The van der Waals surface area contributed by atoms with Gasteiger partial charge in [-0.1, -0.05) is 38.8 Å². The summed E-state index contributed by atoms with van der Waals surface area (Å²) in [6, 6.07) is 0. The van der Waals surface area contributed by atoms with Crippen LogP contribution in [-0.4, -0.2) is 12.8 Å². The molecule has 0 rings (SSSR count). The Hall–Kier alpha value is -0.530. The van der Waals surface area contributed by atoms with E-state index in [1.807, 2.05) is 6.21 Å². The van der Waals surface area contributed by atoms with E-state index in [9.17, 15) is 0 Å². The van der Waals surface area contributed by atoms with Gasteiger partial charge < -0.3 is 4.84 Å². The standard InChI is InChI=1S/C11H23NO/c1-4-5-10-13-12-9-7-6-8-11(2)3/h9,11H,4-8,10H2,1-3H3/b12-9+. The molecule has 0 atom stereocenters. The molecular weight excluding hydrogens is 162 g/mol. The first-order chi connectivity index (χ1) is 6.27. The molecule has 0 unspecified atom stereocenters. The van der Waals surface area contributed by atoms with Gasteiger partial charge in [-0.25, -0.2) is 0 Å². The van der Waals surface area contributed by atoms with E-state index in [1.54, 1.807) is 0 Å². The van der Waals surface area contributed by atoms with Crippen LogP contribution >= 0.6 is 0 Å². The van der Waals surface area contributed by atoms with Crippen molar-refractivity contribution >= 4 is 6.21 Å². The van der Waals surface area contributed by atoms with E-state index in [0.29, 0.717) is 0 Å². The van der Waals surface area contributed by atoms with Gasteiger partial charge in [0.15, 0.2) is 0 Å². The molecule has 2 heteroatoms. The van der Waals surface area contributed by atoms with Crippen molar-refractivity contribution in [1.82, 2.24) is 0 Å². The Morgan fingerprint density at radius 2 is 2.08 bits per heavy atom. The average molecular weight is 185 g/mol. The van der Waals surface area contributed by atoms with E-state index < -0.39 is 0 Å². The highest BCUT2D eigenvalue weighted by molar-refractivity contribution is 5.56. The van der Waals surface area contributed by atoms with Crippen LogP contribution in [0.25, 0.3) is 0 Å². The molecule has 0 fully saturated rings. The molecular formula is C11H23NO. The molecule has 0 aliphatic heterocycles. The maximum Gasteiger partial charge on any atom is 0.117 e. The molecule has 0 aromatic rings. The summed E-state index contributed by atoms with van der Waals surface area (Å²) >= 11 is 0. The van der Waals surface area contributed by atoms with Crippen LogP contribution in [0.3, 0.4) is 0 Å². The molecule has 0 amide bonds. The summed E-state index contributed by atoms with van der Waals surface area (Å²) < 4.78 is 0. The van der Waals surface area contributed by atoms with Gasteiger partial charge in [-0.15, -0.1) is 0 Å². The summed E-state index contributed by atoms with van der Waals surface area (Å²) in [4.78, 5) is 5.05. The lowest BCUT2D eigenvalue weighted by Gasteiger charge is -2.00. The predicted octanol–water partition coefficient (Wildman–Crippen LogP) is 3.62. The molecule has 78 valence electrons. The number of hydrogen-bond donors (Lipinski definition) is 0. The van der Waals surface area contributed by atoms with Crippen molar-refractivity contribution in [3.63, 3.8) is 0 Å². The third kappa shape index (κ3) is 11.5. The maximum atomic E-state index is 5.05. The highest BCUT2D eigenvalue weighted by Crippen LogP contribution is 2.04. The van der Waals surface area contributed by atoms with E-state index in [0.717, 1.165) is 25.4 Å². The second-order valence-electron chi connectivity index (χ2n) is 3.80. The second kappa shape index (κ2) is 9.56. The summed E-state index contributed by atoms with van der Waals surface area (Å²) in [5, 5.41) is 3.88. The maximum absolute atomic E-state index is 5.05. The van der Waals surface area contributed by atoms with Crippen LogP contribution in [0.4, 0.5) is 0 Å². The van der Waals surface area contributed by atoms with Crippen LogP contribution in [0.15, 0.2) is 5.16 Å². The van der Waals surface area contributed by atoms with E-state index in [4.69, 9.17) is 4.84 Å². The number of rotatable bonds is 8. The highest BCUT2D eigenvalue weighted by atomic mass is 16.6. The molecule has 0 aliphatic carbocycles. The van der Waals surface area contributed by atoms with Gasteiger partial charge in [0.25, 0.3) is 0 Å². The fourth-order valence-electron chi connectivity index (χ4n) is 0.984. The Kier molecular flexibility index (Phi) is 9.17. The molecule has 0 heterocycles. The Balaban J connectivity index is 3.03. The summed E-state index contributed by atoms with van der Waals surface area (Å²) in [7, 11) is 0. The van der Waals surface area contributed by atoms with Crippen LogP contribution in [-0.2, 0) is 4.84 Å². The zero-order valence-corrected chi connectivity index (χ0v) is 9.25. The van der Waals surface area contributed by atoms with Crippen LogP contribution in [0, 0.1) is 5.92 Å². The number of hydrogen-bond acceptors (Lipinski definition) is 2. The van der Waals surface area contributed by atoms with Crippen molar-refractivity contribution in [2.45, 2.75) is 52.9 Å². The van der Waals surface area contributed by atoms with Crippen molar-refractivity contribution in [3.8, 4) is 0 Å². The lowest BCUT2D eigenvalue weighted by atomic mass is 10.1. The Bertz CT molecular complexity index is 121. The van der Waals surface area contributed by atoms with Gasteiger partial charge >= 0.3 is 0 Å². The molecule has 13 heavy (non-hydrogen) atoms. The first-order valence-corrected chi connectivity index (χ1v) is 5.41. The van der Waals surface area contributed by atoms with E-state index >= 15 is 0 Å². The van der Waals surface area contributed by atoms with Gasteiger partial charge in [-0.05, 0) is 25.2 Å². The van der Waals surface area contributed by atoms with Gasteiger partial charge in [0.2, 0.25) is 0 Å². The number of nitrogens with zero attached hydrogens (tertiary/aromatic N) is 1. The molecule has 0 aliphatic rings. The van der Waals surface area contributed by atoms with Gasteiger partial charge in [0.05, 0.1) is 0 Å². The molecule has 0 saturated carbocycles. The average Bonchev–Trinajstić information content (AvgIpc) is 2.09. The zero-order chi connectivity index (χ0) is 9.94. The van der Waals surface area contributed by atoms with Crippen LogP contribution in [0.1, 0.15) is 52.9 Å². The lowest BCUT2D eigenvalue weighted by Crippen LogP contribution is -1.89. The first kappa shape index (κ1) is 12.5. The summed E-state index contributed by atoms with van der Waals surface area (Å²) in [6.07, 6.45) is 7.70. The Morgan fingerprint density at radius 1 is 1.31 bits per heavy atom. The fraction of sp³-hybridized carbons (Fsp3) is 0.909.